The molecule has 0 saturated heterocycles. The van der Waals surface area contributed by atoms with Crippen molar-refractivity contribution in [2.75, 3.05) is 0 Å². The third-order valence-electron chi connectivity index (χ3n) is 2.72. The minimum Gasteiger partial charge on any atom is -0.368 e. The molecular weight excluding hydrogens is 268 g/mol. The Bertz CT molecular complexity index is 406. The number of thioether (sulfide) groups is 1. The maximum atomic E-state index is 11.1. The van der Waals surface area contributed by atoms with Gasteiger partial charge in [-0.3, -0.25) is 4.79 Å². The van der Waals surface area contributed by atoms with Gasteiger partial charge in [0.15, 0.2) is 0 Å². The summed E-state index contributed by atoms with van der Waals surface area (Å²) in [5.41, 5.74) is 11.4. The Morgan fingerprint density at radius 2 is 2.00 bits per heavy atom. The van der Waals surface area contributed by atoms with Gasteiger partial charge in [-0.1, -0.05) is 30.7 Å². The van der Waals surface area contributed by atoms with Gasteiger partial charge in [-0.05, 0) is 31.0 Å². The van der Waals surface area contributed by atoms with Crippen LogP contribution in [0, 0.1) is 0 Å². The van der Waals surface area contributed by atoms with Gasteiger partial charge in [0.25, 0.3) is 0 Å². The van der Waals surface area contributed by atoms with E-state index in [0.29, 0.717) is 6.42 Å². The van der Waals surface area contributed by atoms with Crippen LogP contribution in [0.3, 0.4) is 0 Å². The van der Waals surface area contributed by atoms with Crippen LogP contribution >= 0.6 is 23.4 Å². The maximum absolute atomic E-state index is 11.1. The van der Waals surface area contributed by atoms with E-state index in [2.05, 4.69) is 6.92 Å². The fourth-order valence-corrected chi connectivity index (χ4v) is 2.84. The fourth-order valence-electron chi connectivity index (χ4n) is 1.58. The molecule has 1 amide bonds. The summed E-state index contributed by atoms with van der Waals surface area (Å²) in [7, 11) is 0. The van der Waals surface area contributed by atoms with Crippen LogP contribution in [0.2, 0.25) is 5.02 Å². The number of benzene rings is 1. The first-order valence-electron chi connectivity index (χ1n) is 5.76. The number of carbonyl (C=O) groups excluding carboxylic acids is 1. The van der Waals surface area contributed by atoms with Crippen molar-refractivity contribution in [2.45, 2.75) is 36.8 Å². The van der Waals surface area contributed by atoms with E-state index >= 15 is 0 Å². The van der Waals surface area contributed by atoms with Gasteiger partial charge in [0.1, 0.15) is 0 Å². The summed E-state index contributed by atoms with van der Waals surface area (Å²) >= 11 is 7.57. The van der Waals surface area contributed by atoms with Gasteiger partial charge >= 0.3 is 0 Å². The lowest BCUT2D eigenvalue weighted by Gasteiger charge is -2.24. The first kappa shape index (κ1) is 15.3. The van der Waals surface area contributed by atoms with E-state index in [9.17, 15) is 4.79 Å². The molecule has 3 nitrogen and oxygen atoms in total. The molecule has 0 aromatic heterocycles. The molecular formula is C13H19ClN2OS. The highest BCUT2D eigenvalue weighted by Gasteiger charge is 2.27. The number of halogens is 1. The van der Waals surface area contributed by atoms with Crippen molar-refractivity contribution < 1.29 is 4.79 Å². The maximum Gasteiger partial charge on any atom is 0.237 e. The minimum atomic E-state index is -0.938. The first-order valence-corrected chi connectivity index (χ1v) is 7.19. The monoisotopic (exact) mass is 286 g/mol. The molecule has 1 aromatic carbocycles. The largest absolute Gasteiger partial charge is 0.368 e. The minimum absolute atomic E-state index is 0.267. The molecule has 1 aromatic rings. The van der Waals surface area contributed by atoms with Crippen LogP contribution in [0.4, 0.5) is 0 Å². The van der Waals surface area contributed by atoms with Crippen LogP contribution in [0.5, 0.6) is 0 Å². The molecule has 2 unspecified atom stereocenters. The molecule has 0 heterocycles. The lowest BCUT2D eigenvalue weighted by molar-refractivity contribution is -0.122. The Hall–Kier alpha value is -0.710. The molecule has 1 rings (SSSR count). The molecule has 0 aliphatic rings. The number of amides is 1. The SMILES string of the molecule is CC(CC(C)(N)C(N)=O)SCc1ccc(Cl)cc1. The molecule has 4 N–H and O–H groups in total. The number of carbonyl (C=O) groups is 1. The predicted molar refractivity (Wildman–Crippen MR) is 78.6 cm³/mol. The zero-order valence-corrected chi connectivity index (χ0v) is 12.2. The zero-order valence-electron chi connectivity index (χ0n) is 10.7. The van der Waals surface area contributed by atoms with Gasteiger partial charge in [-0.15, -0.1) is 0 Å². The summed E-state index contributed by atoms with van der Waals surface area (Å²) in [6.07, 6.45) is 0.570. The van der Waals surface area contributed by atoms with Crippen LogP contribution in [0.15, 0.2) is 24.3 Å². The summed E-state index contributed by atoms with van der Waals surface area (Å²) < 4.78 is 0. The number of nitrogens with two attached hydrogens (primary N) is 2. The Labute approximate surface area is 117 Å². The molecule has 18 heavy (non-hydrogen) atoms. The summed E-state index contributed by atoms with van der Waals surface area (Å²) in [5, 5.41) is 1.00. The van der Waals surface area contributed by atoms with E-state index in [0.717, 1.165) is 10.8 Å². The Morgan fingerprint density at radius 1 is 1.44 bits per heavy atom. The molecule has 5 heteroatoms. The first-order chi connectivity index (χ1) is 8.31. The summed E-state index contributed by atoms with van der Waals surface area (Å²) in [5.74, 6) is 0.411. The third kappa shape index (κ3) is 4.88. The van der Waals surface area contributed by atoms with E-state index in [1.54, 1.807) is 18.7 Å². The van der Waals surface area contributed by atoms with Crippen molar-refractivity contribution in [3.8, 4) is 0 Å². The van der Waals surface area contributed by atoms with Crippen LogP contribution in [0.1, 0.15) is 25.8 Å². The molecule has 0 bridgehead atoms. The van der Waals surface area contributed by atoms with Crippen molar-refractivity contribution in [3.05, 3.63) is 34.9 Å². The standard InChI is InChI=1S/C13H19ClN2OS/c1-9(7-13(2,16)12(15)17)18-8-10-3-5-11(14)6-4-10/h3-6,9H,7-8,16H2,1-2H3,(H2,15,17). The number of hydrogen-bond acceptors (Lipinski definition) is 3. The van der Waals surface area contributed by atoms with Crippen LogP contribution in [-0.4, -0.2) is 16.7 Å². The van der Waals surface area contributed by atoms with Crippen molar-refractivity contribution in [2.24, 2.45) is 11.5 Å². The topological polar surface area (TPSA) is 69.1 Å². The van der Waals surface area contributed by atoms with Gasteiger partial charge in [-0.2, -0.15) is 11.8 Å². The Morgan fingerprint density at radius 3 is 2.50 bits per heavy atom. The molecule has 0 radical (unpaired) electrons. The van der Waals surface area contributed by atoms with Gasteiger partial charge in [0, 0.05) is 16.0 Å². The van der Waals surface area contributed by atoms with Gasteiger partial charge in [0.05, 0.1) is 5.54 Å². The van der Waals surface area contributed by atoms with Gasteiger partial charge in [0.2, 0.25) is 5.91 Å². The molecule has 2 atom stereocenters. The van der Waals surface area contributed by atoms with Crippen molar-refractivity contribution in [1.82, 2.24) is 0 Å². The predicted octanol–water partition coefficient (Wildman–Crippen LogP) is 2.55. The second-order valence-corrected chi connectivity index (χ2v) is 6.60. The van der Waals surface area contributed by atoms with Gasteiger partial charge < -0.3 is 11.5 Å². The van der Waals surface area contributed by atoms with Crippen LogP contribution < -0.4 is 11.5 Å². The molecule has 0 aliphatic carbocycles. The molecule has 0 spiro atoms. The van der Waals surface area contributed by atoms with Crippen molar-refractivity contribution >= 4 is 29.3 Å². The normalized spacial score (nSPS) is 16.0. The number of rotatable bonds is 6. The Balaban J connectivity index is 2.44. The smallest absolute Gasteiger partial charge is 0.237 e. The van der Waals surface area contributed by atoms with E-state index in [1.807, 2.05) is 24.3 Å². The van der Waals surface area contributed by atoms with Crippen molar-refractivity contribution in [3.63, 3.8) is 0 Å². The average molecular weight is 287 g/mol. The summed E-state index contributed by atoms with van der Waals surface area (Å²) in [6, 6.07) is 7.74. The third-order valence-corrected chi connectivity index (χ3v) is 4.21. The highest BCUT2D eigenvalue weighted by Crippen LogP contribution is 2.24. The van der Waals surface area contributed by atoms with Crippen LogP contribution in [0.25, 0.3) is 0 Å². The van der Waals surface area contributed by atoms with E-state index in [-0.39, 0.29) is 5.25 Å². The van der Waals surface area contributed by atoms with E-state index < -0.39 is 11.4 Å². The lowest BCUT2D eigenvalue weighted by Crippen LogP contribution is -2.50. The average Bonchev–Trinajstić information content (AvgIpc) is 2.27. The number of primary amides is 1. The van der Waals surface area contributed by atoms with Crippen molar-refractivity contribution in [1.29, 1.82) is 0 Å². The second-order valence-electron chi connectivity index (χ2n) is 4.73. The van der Waals surface area contributed by atoms with E-state index in [1.165, 1.54) is 5.56 Å². The molecule has 0 aliphatic heterocycles. The van der Waals surface area contributed by atoms with E-state index in [4.69, 9.17) is 23.1 Å². The summed E-state index contributed by atoms with van der Waals surface area (Å²) in [4.78, 5) is 11.1. The van der Waals surface area contributed by atoms with Gasteiger partial charge in [-0.25, -0.2) is 0 Å². The molecule has 0 saturated carbocycles. The lowest BCUT2D eigenvalue weighted by atomic mass is 9.97. The summed E-state index contributed by atoms with van der Waals surface area (Å²) in [6.45, 7) is 3.73. The second kappa shape index (κ2) is 6.45. The highest BCUT2D eigenvalue weighted by molar-refractivity contribution is 7.99. The molecule has 0 fully saturated rings. The highest BCUT2D eigenvalue weighted by atomic mass is 35.5. The van der Waals surface area contributed by atoms with Crippen LogP contribution in [-0.2, 0) is 10.5 Å². The zero-order chi connectivity index (χ0) is 13.8. The Kier molecular flexibility index (Phi) is 5.50. The number of hydrogen-bond donors (Lipinski definition) is 2. The molecule has 100 valence electrons. The fraction of sp³-hybridized carbons (Fsp3) is 0.462. The quantitative estimate of drug-likeness (QED) is 0.844.